The van der Waals surface area contributed by atoms with Crippen molar-refractivity contribution in [2.24, 2.45) is 0 Å². The van der Waals surface area contributed by atoms with Crippen LogP contribution < -0.4 is 9.62 Å². The lowest BCUT2D eigenvalue weighted by Crippen LogP contribution is -2.42. The average Bonchev–Trinajstić information content (AvgIpc) is 2.83. The van der Waals surface area contributed by atoms with Crippen molar-refractivity contribution in [3.63, 3.8) is 0 Å². The maximum absolute atomic E-state index is 13.6. The second-order valence-corrected chi connectivity index (χ2v) is 11.1. The Morgan fingerprint density at radius 1 is 0.941 bits per heavy atom. The molecule has 0 saturated carbocycles. The number of sulfonamides is 1. The van der Waals surface area contributed by atoms with Crippen LogP contribution in [0.4, 0.5) is 5.69 Å². The van der Waals surface area contributed by atoms with Crippen LogP contribution in [-0.4, -0.2) is 27.1 Å². The molecule has 0 heterocycles. The first-order valence-electron chi connectivity index (χ1n) is 11.3. The van der Waals surface area contributed by atoms with Crippen molar-refractivity contribution in [1.82, 2.24) is 5.32 Å². The number of nitrogens with one attached hydrogen (secondary N) is 1. The van der Waals surface area contributed by atoms with Crippen LogP contribution in [0.3, 0.4) is 0 Å². The summed E-state index contributed by atoms with van der Waals surface area (Å²) in [6.07, 6.45) is 2.63. The Balaban J connectivity index is 1.90. The standard InChI is InChI=1S/C27H32N2O3S2/c1-6-26(22-10-9-20(3)21(4)17-22)28-27(30)18-29(23-11-7-19(2)8-12-23)34(31,32)25-15-13-24(33-5)14-16-25/h7-17,26H,6,18H2,1-5H3,(H,28,30). The fourth-order valence-corrected chi connectivity index (χ4v) is 5.50. The molecular formula is C27H32N2O3S2. The number of nitrogens with zero attached hydrogens (tertiary/aromatic N) is 1. The third-order valence-corrected chi connectivity index (χ3v) is 8.47. The Morgan fingerprint density at radius 2 is 1.59 bits per heavy atom. The number of carbonyl (C=O) groups is 1. The molecule has 0 aromatic heterocycles. The summed E-state index contributed by atoms with van der Waals surface area (Å²) in [5.41, 5.74) is 4.82. The molecule has 0 bridgehead atoms. The minimum absolute atomic E-state index is 0.153. The smallest absolute Gasteiger partial charge is 0.264 e. The van der Waals surface area contributed by atoms with Crippen molar-refractivity contribution < 1.29 is 13.2 Å². The van der Waals surface area contributed by atoms with Crippen molar-refractivity contribution in [3.05, 3.63) is 89.0 Å². The molecule has 180 valence electrons. The van der Waals surface area contributed by atoms with Crippen molar-refractivity contribution in [3.8, 4) is 0 Å². The van der Waals surface area contributed by atoms with Crippen LogP contribution in [0.15, 0.2) is 76.5 Å². The Kier molecular flexibility index (Phi) is 8.44. The zero-order valence-corrected chi connectivity index (χ0v) is 22.0. The van der Waals surface area contributed by atoms with E-state index in [2.05, 4.69) is 18.3 Å². The summed E-state index contributed by atoms with van der Waals surface area (Å²) < 4.78 is 28.4. The van der Waals surface area contributed by atoms with Gasteiger partial charge in [-0.05, 0) is 86.5 Å². The first-order valence-corrected chi connectivity index (χ1v) is 13.9. The highest BCUT2D eigenvalue weighted by Crippen LogP contribution is 2.26. The van der Waals surface area contributed by atoms with Gasteiger partial charge in [0.05, 0.1) is 16.6 Å². The quantitative estimate of drug-likeness (QED) is 0.381. The van der Waals surface area contributed by atoms with E-state index in [1.165, 1.54) is 9.87 Å². The molecule has 0 saturated heterocycles. The SMILES string of the molecule is CCC(NC(=O)CN(c1ccc(C)cc1)S(=O)(=O)c1ccc(SC)cc1)c1ccc(C)c(C)c1. The molecule has 1 amide bonds. The molecule has 0 aliphatic heterocycles. The second kappa shape index (κ2) is 11.1. The summed E-state index contributed by atoms with van der Waals surface area (Å²) >= 11 is 1.54. The monoisotopic (exact) mass is 496 g/mol. The molecule has 1 N–H and O–H groups in total. The molecule has 3 aromatic carbocycles. The summed E-state index contributed by atoms with van der Waals surface area (Å²) in [7, 11) is -3.94. The average molecular weight is 497 g/mol. The Bertz CT molecular complexity index is 1240. The molecule has 5 nitrogen and oxygen atoms in total. The van der Waals surface area contributed by atoms with Gasteiger partial charge >= 0.3 is 0 Å². The Morgan fingerprint density at radius 3 is 2.15 bits per heavy atom. The van der Waals surface area contributed by atoms with Crippen LogP contribution >= 0.6 is 11.8 Å². The fourth-order valence-electron chi connectivity index (χ4n) is 3.67. The summed E-state index contributed by atoms with van der Waals surface area (Å²) in [5, 5.41) is 3.03. The zero-order valence-electron chi connectivity index (χ0n) is 20.3. The lowest BCUT2D eigenvalue weighted by Gasteiger charge is -2.26. The maximum atomic E-state index is 13.6. The number of aryl methyl sites for hydroxylation is 3. The molecule has 0 spiro atoms. The fraction of sp³-hybridized carbons (Fsp3) is 0.296. The molecule has 1 unspecified atom stereocenters. The molecule has 34 heavy (non-hydrogen) atoms. The molecular weight excluding hydrogens is 464 g/mol. The first-order chi connectivity index (χ1) is 16.1. The summed E-state index contributed by atoms with van der Waals surface area (Å²) in [4.78, 5) is 14.3. The van der Waals surface area contributed by atoms with E-state index in [9.17, 15) is 13.2 Å². The van der Waals surface area contributed by atoms with Gasteiger partial charge in [0, 0.05) is 4.90 Å². The number of rotatable bonds is 9. The summed E-state index contributed by atoms with van der Waals surface area (Å²) in [5.74, 6) is -0.352. The van der Waals surface area contributed by atoms with Crippen molar-refractivity contribution in [1.29, 1.82) is 0 Å². The van der Waals surface area contributed by atoms with E-state index in [1.807, 2.05) is 51.3 Å². The topological polar surface area (TPSA) is 66.5 Å². The van der Waals surface area contributed by atoms with Crippen LogP contribution in [-0.2, 0) is 14.8 Å². The highest BCUT2D eigenvalue weighted by Gasteiger charge is 2.28. The van der Waals surface area contributed by atoms with E-state index in [1.54, 1.807) is 48.2 Å². The van der Waals surface area contributed by atoms with Gasteiger partial charge < -0.3 is 5.32 Å². The highest BCUT2D eigenvalue weighted by atomic mass is 32.2. The van der Waals surface area contributed by atoms with Gasteiger partial charge in [-0.15, -0.1) is 11.8 Å². The molecule has 1 atom stereocenters. The van der Waals surface area contributed by atoms with E-state index in [0.29, 0.717) is 12.1 Å². The Hall–Kier alpha value is -2.77. The molecule has 0 aliphatic carbocycles. The van der Waals surface area contributed by atoms with E-state index < -0.39 is 10.0 Å². The third kappa shape index (κ3) is 6.02. The number of anilines is 1. The normalized spacial score (nSPS) is 12.3. The number of carbonyl (C=O) groups excluding carboxylic acids is 1. The van der Waals surface area contributed by atoms with Crippen LogP contribution in [0.5, 0.6) is 0 Å². The first kappa shape index (κ1) is 25.8. The van der Waals surface area contributed by atoms with Gasteiger partial charge in [-0.25, -0.2) is 8.42 Å². The number of thioether (sulfide) groups is 1. The van der Waals surface area contributed by atoms with Crippen LogP contribution in [0.25, 0.3) is 0 Å². The number of amides is 1. The van der Waals surface area contributed by atoms with Gasteiger partial charge in [0.15, 0.2) is 0 Å². The van der Waals surface area contributed by atoms with E-state index in [-0.39, 0.29) is 23.4 Å². The molecule has 3 rings (SSSR count). The third-order valence-electron chi connectivity index (χ3n) is 5.93. The zero-order chi connectivity index (χ0) is 24.9. The summed E-state index contributed by atoms with van der Waals surface area (Å²) in [6.45, 7) is 7.72. The molecule has 7 heteroatoms. The Labute approximate surface area is 207 Å². The molecule has 0 radical (unpaired) electrons. The van der Waals surface area contributed by atoms with E-state index in [4.69, 9.17) is 0 Å². The minimum atomic E-state index is -3.94. The second-order valence-electron chi connectivity index (χ2n) is 8.39. The molecule has 3 aromatic rings. The van der Waals surface area contributed by atoms with E-state index in [0.717, 1.165) is 21.6 Å². The maximum Gasteiger partial charge on any atom is 0.264 e. The predicted molar refractivity (Wildman–Crippen MR) is 141 cm³/mol. The van der Waals surface area contributed by atoms with Gasteiger partial charge in [0.2, 0.25) is 5.91 Å². The predicted octanol–water partition coefficient (Wildman–Crippen LogP) is 5.80. The highest BCUT2D eigenvalue weighted by molar-refractivity contribution is 7.98. The number of hydrogen-bond acceptors (Lipinski definition) is 4. The van der Waals surface area contributed by atoms with Gasteiger partial charge in [0.1, 0.15) is 6.54 Å². The number of benzene rings is 3. The number of hydrogen-bond donors (Lipinski definition) is 1. The van der Waals surface area contributed by atoms with Crippen LogP contribution in [0, 0.1) is 20.8 Å². The largest absolute Gasteiger partial charge is 0.348 e. The van der Waals surface area contributed by atoms with E-state index >= 15 is 0 Å². The minimum Gasteiger partial charge on any atom is -0.348 e. The van der Waals surface area contributed by atoms with Crippen molar-refractivity contribution in [2.75, 3.05) is 17.1 Å². The lowest BCUT2D eigenvalue weighted by molar-refractivity contribution is -0.120. The van der Waals surface area contributed by atoms with Gasteiger partial charge in [-0.2, -0.15) is 0 Å². The van der Waals surface area contributed by atoms with Crippen LogP contribution in [0.2, 0.25) is 0 Å². The van der Waals surface area contributed by atoms with Crippen LogP contribution in [0.1, 0.15) is 41.6 Å². The van der Waals surface area contributed by atoms with Crippen molar-refractivity contribution >= 4 is 33.4 Å². The lowest BCUT2D eigenvalue weighted by atomic mass is 9.99. The van der Waals surface area contributed by atoms with Gasteiger partial charge in [-0.3, -0.25) is 9.10 Å². The van der Waals surface area contributed by atoms with Gasteiger partial charge in [-0.1, -0.05) is 42.8 Å². The van der Waals surface area contributed by atoms with Crippen molar-refractivity contribution in [2.45, 2.75) is 49.9 Å². The molecule has 0 aliphatic rings. The van der Waals surface area contributed by atoms with Gasteiger partial charge in [0.25, 0.3) is 10.0 Å². The summed E-state index contributed by atoms with van der Waals surface area (Å²) in [6, 6.07) is 19.8. The molecule has 0 fully saturated rings.